The van der Waals surface area contributed by atoms with Crippen molar-refractivity contribution in [2.45, 2.75) is 40.0 Å². The molecule has 0 aliphatic heterocycles. The van der Waals surface area contributed by atoms with Crippen LogP contribution in [0, 0.1) is 5.92 Å². The summed E-state index contributed by atoms with van der Waals surface area (Å²) in [4.78, 5) is 0. The Morgan fingerprint density at radius 2 is 1.76 bits per heavy atom. The van der Waals surface area contributed by atoms with Gasteiger partial charge < -0.3 is 0 Å². The highest BCUT2D eigenvalue weighted by Gasteiger charge is 2.15. The molecule has 0 N–H and O–H groups in total. The fourth-order valence-electron chi connectivity index (χ4n) is 3.26. The Balaban J connectivity index is 2.09. The number of aryl methyl sites for hydroxylation is 1. The Hall–Kier alpha value is -1.82. The molecule has 1 atom stereocenters. The number of rotatable bonds is 4. The van der Waals surface area contributed by atoms with Crippen LogP contribution < -0.4 is 0 Å². The Kier molecular flexibility index (Phi) is 3.96. The van der Waals surface area contributed by atoms with Crippen LogP contribution in [0.2, 0.25) is 0 Å². The summed E-state index contributed by atoms with van der Waals surface area (Å²) < 4.78 is 0. The normalized spacial score (nSPS) is 16.0. The maximum absolute atomic E-state index is 2.42. The van der Waals surface area contributed by atoms with Crippen molar-refractivity contribution >= 4 is 16.3 Å². The van der Waals surface area contributed by atoms with Gasteiger partial charge in [0.1, 0.15) is 0 Å². The molecule has 0 saturated heterocycles. The van der Waals surface area contributed by atoms with Gasteiger partial charge in [-0.2, -0.15) is 0 Å². The van der Waals surface area contributed by atoms with Gasteiger partial charge in [-0.3, -0.25) is 0 Å². The van der Waals surface area contributed by atoms with Gasteiger partial charge in [0, 0.05) is 0 Å². The molecule has 1 aliphatic carbocycles. The van der Waals surface area contributed by atoms with Gasteiger partial charge in [-0.15, -0.1) is 0 Å². The van der Waals surface area contributed by atoms with Crippen LogP contribution in [0.3, 0.4) is 0 Å². The molecule has 1 aliphatic rings. The highest BCUT2D eigenvalue weighted by molar-refractivity contribution is 5.98. The van der Waals surface area contributed by atoms with Gasteiger partial charge in [-0.25, -0.2) is 0 Å². The van der Waals surface area contributed by atoms with Gasteiger partial charge in [-0.05, 0) is 52.7 Å². The minimum Gasteiger partial charge on any atom is -0.0726 e. The molecule has 0 bridgehead atoms. The van der Waals surface area contributed by atoms with Crippen molar-refractivity contribution in [2.24, 2.45) is 5.92 Å². The van der Waals surface area contributed by atoms with Gasteiger partial charge >= 0.3 is 0 Å². The first-order valence-corrected chi connectivity index (χ1v) is 8.16. The van der Waals surface area contributed by atoms with E-state index in [0.29, 0.717) is 5.92 Å². The fraction of sp³-hybridized carbons (Fsp3) is 0.333. The van der Waals surface area contributed by atoms with E-state index in [-0.39, 0.29) is 0 Å². The first-order valence-electron chi connectivity index (χ1n) is 8.16. The lowest BCUT2D eigenvalue weighted by Crippen LogP contribution is -1.94. The molecular weight excluding hydrogens is 252 g/mol. The van der Waals surface area contributed by atoms with E-state index in [1.54, 1.807) is 5.57 Å². The van der Waals surface area contributed by atoms with Crippen molar-refractivity contribution in [3.05, 3.63) is 65.3 Å². The van der Waals surface area contributed by atoms with E-state index >= 15 is 0 Å². The molecule has 3 rings (SSSR count). The summed E-state index contributed by atoms with van der Waals surface area (Å²) in [7, 11) is 0. The predicted octanol–water partition coefficient (Wildman–Crippen LogP) is 6.16. The lowest BCUT2D eigenvalue weighted by molar-refractivity contribution is 0.646. The molecule has 0 fully saturated rings. The summed E-state index contributed by atoms with van der Waals surface area (Å²) in [5.41, 5.74) is 5.82. The lowest BCUT2D eigenvalue weighted by Gasteiger charge is -2.11. The summed E-state index contributed by atoms with van der Waals surface area (Å²) in [5, 5.41) is 2.80. The van der Waals surface area contributed by atoms with Gasteiger partial charge in [0.15, 0.2) is 0 Å². The Bertz CT molecular complexity index is 716. The van der Waals surface area contributed by atoms with Crippen molar-refractivity contribution in [3.8, 4) is 0 Å². The smallest absolute Gasteiger partial charge is 0.0103 e. The molecule has 0 amide bonds. The van der Waals surface area contributed by atoms with E-state index in [0.717, 1.165) is 12.8 Å². The summed E-state index contributed by atoms with van der Waals surface area (Å²) in [6.45, 7) is 6.84. The summed E-state index contributed by atoms with van der Waals surface area (Å²) in [6, 6.07) is 13.4. The minimum atomic E-state index is 0.694. The first kappa shape index (κ1) is 14.1. The van der Waals surface area contributed by atoms with Crippen LogP contribution in [0.4, 0.5) is 0 Å². The van der Waals surface area contributed by atoms with Gasteiger partial charge in [0.2, 0.25) is 0 Å². The van der Waals surface area contributed by atoms with E-state index in [1.165, 1.54) is 33.9 Å². The third-order valence-electron chi connectivity index (χ3n) is 4.85. The molecule has 21 heavy (non-hydrogen) atoms. The topological polar surface area (TPSA) is 0 Å². The first-order chi connectivity index (χ1) is 10.2. The van der Waals surface area contributed by atoms with Crippen molar-refractivity contribution in [1.29, 1.82) is 0 Å². The zero-order valence-corrected chi connectivity index (χ0v) is 13.3. The highest BCUT2D eigenvalue weighted by atomic mass is 14.2. The molecule has 0 saturated carbocycles. The quantitative estimate of drug-likeness (QED) is 0.627. The lowest BCUT2D eigenvalue weighted by atomic mass is 9.93. The van der Waals surface area contributed by atoms with Gasteiger partial charge in [0.05, 0.1) is 0 Å². The minimum absolute atomic E-state index is 0.694. The van der Waals surface area contributed by atoms with Crippen molar-refractivity contribution in [2.75, 3.05) is 0 Å². The number of benzene rings is 2. The number of hydrogen-bond donors (Lipinski definition) is 0. The van der Waals surface area contributed by atoms with Crippen LogP contribution in [-0.4, -0.2) is 0 Å². The van der Waals surface area contributed by atoms with Crippen LogP contribution >= 0.6 is 0 Å². The zero-order valence-electron chi connectivity index (χ0n) is 13.3. The van der Waals surface area contributed by atoms with E-state index in [2.05, 4.69) is 69.3 Å². The fourth-order valence-corrected chi connectivity index (χ4v) is 3.26. The molecule has 0 heteroatoms. The van der Waals surface area contributed by atoms with Gasteiger partial charge in [-0.1, -0.05) is 74.9 Å². The van der Waals surface area contributed by atoms with Crippen LogP contribution in [0.5, 0.6) is 0 Å². The van der Waals surface area contributed by atoms with Gasteiger partial charge in [0.25, 0.3) is 0 Å². The highest BCUT2D eigenvalue weighted by Crippen LogP contribution is 2.35. The Morgan fingerprint density at radius 3 is 2.48 bits per heavy atom. The van der Waals surface area contributed by atoms with Crippen LogP contribution in [0.1, 0.15) is 44.7 Å². The van der Waals surface area contributed by atoms with E-state index in [9.17, 15) is 0 Å². The number of hydrogen-bond acceptors (Lipinski definition) is 0. The Morgan fingerprint density at radius 1 is 1.00 bits per heavy atom. The van der Waals surface area contributed by atoms with Crippen molar-refractivity contribution < 1.29 is 0 Å². The van der Waals surface area contributed by atoms with Crippen molar-refractivity contribution in [1.82, 2.24) is 0 Å². The maximum Gasteiger partial charge on any atom is -0.0103 e. The predicted molar refractivity (Wildman–Crippen MR) is 93.5 cm³/mol. The molecule has 108 valence electrons. The van der Waals surface area contributed by atoms with Crippen LogP contribution in [0.15, 0.2) is 54.1 Å². The van der Waals surface area contributed by atoms with Crippen LogP contribution in [-0.2, 0) is 6.42 Å². The van der Waals surface area contributed by atoms with E-state index in [4.69, 9.17) is 0 Å². The second kappa shape index (κ2) is 5.89. The van der Waals surface area contributed by atoms with E-state index < -0.39 is 0 Å². The monoisotopic (exact) mass is 276 g/mol. The largest absolute Gasteiger partial charge is 0.0726 e. The molecule has 0 heterocycles. The molecule has 0 aromatic heterocycles. The average molecular weight is 276 g/mol. The number of allylic oxidation sites excluding steroid dienone is 4. The molecule has 2 aromatic rings. The summed E-state index contributed by atoms with van der Waals surface area (Å²) in [6.07, 6.45) is 8.25. The summed E-state index contributed by atoms with van der Waals surface area (Å²) in [5.74, 6) is 0.694. The molecule has 0 radical (unpaired) electrons. The summed E-state index contributed by atoms with van der Waals surface area (Å²) >= 11 is 0. The van der Waals surface area contributed by atoms with Crippen LogP contribution in [0.25, 0.3) is 16.3 Å². The third-order valence-corrected chi connectivity index (χ3v) is 4.85. The second-order valence-corrected chi connectivity index (χ2v) is 6.06. The molecule has 0 spiro atoms. The standard InChI is InChI=1S/C21H24/c1-4-15(3)17-10-11-18(14-17)20-13-12-16(5-2)19-8-6-7-9-21(19)20/h6-9,11-15H,4-5,10H2,1-3H3. The molecular formula is C21H24. The second-order valence-electron chi connectivity index (χ2n) is 6.06. The molecule has 0 nitrogen and oxygen atoms in total. The average Bonchev–Trinajstić information content (AvgIpc) is 3.02. The maximum atomic E-state index is 2.42. The molecule has 1 unspecified atom stereocenters. The zero-order chi connectivity index (χ0) is 14.8. The molecule has 2 aromatic carbocycles. The van der Waals surface area contributed by atoms with E-state index in [1.807, 2.05) is 0 Å². The third kappa shape index (κ3) is 2.55. The number of fused-ring (bicyclic) bond motifs is 1. The SMILES string of the molecule is CCc1ccc(C2=CCC(C(C)CC)=C2)c2ccccc12. The Labute approximate surface area is 128 Å². The van der Waals surface area contributed by atoms with Crippen molar-refractivity contribution in [3.63, 3.8) is 0 Å².